The van der Waals surface area contributed by atoms with Crippen LogP contribution < -0.4 is 5.32 Å². The Balaban J connectivity index is 2.28. The van der Waals surface area contributed by atoms with Crippen LogP contribution in [0.2, 0.25) is 0 Å². The summed E-state index contributed by atoms with van der Waals surface area (Å²) in [6, 6.07) is 1.95. The van der Waals surface area contributed by atoms with E-state index in [-0.39, 0.29) is 18.9 Å². The molecular weight excluding hydrogens is 222 g/mol. The van der Waals surface area contributed by atoms with Crippen LogP contribution in [0.25, 0.3) is 0 Å². The maximum absolute atomic E-state index is 11.4. The molecule has 0 fully saturated rings. The second-order valence-electron chi connectivity index (χ2n) is 3.89. The number of aliphatic carboxylic acids is 1. The van der Waals surface area contributed by atoms with Gasteiger partial charge in [-0.3, -0.25) is 14.3 Å². The summed E-state index contributed by atoms with van der Waals surface area (Å²) in [7, 11) is 0. The van der Waals surface area contributed by atoms with Crippen molar-refractivity contribution in [3.63, 3.8) is 0 Å². The lowest BCUT2D eigenvalue weighted by Crippen LogP contribution is -2.27. The molecular formula is C11H17N3O3. The first-order chi connectivity index (χ1) is 7.99. The predicted octanol–water partition coefficient (Wildman–Crippen LogP) is 0.481. The van der Waals surface area contributed by atoms with Gasteiger partial charge < -0.3 is 10.4 Å². The second kappa shape index (κ2) is 6.03. The summed E-state index contributed by atoms with van der Waals surface area (Å²) in [5, 5.41) is 15.2. The van der Waals surface area contributed by atoms with Gasteiger partial charge in [0.2, 0.25) is 5.91 Å². The number of carboxylic acids is 1. The highest BCUT2D eigenvalue weighted by molar-refractivity contribution is 5.76. The van der Waals surface area contributed by atoms with Gasteiger partial charge in [-0.15, -0.1) is 0 Å². The molecule has 1 heterocycles. The lowest BCUT2D eigenvalue weighted by atomic mass is 10.3. The van der Waals surface area contributed by atoms with Crippen LogP contribution in [0.3, 0.4) is 0 Å². The van der Waals surface area contributed by atoms with Crippen molar-refractivity contribution in [2.24, 2.45) is 0 Å². The molecule has 2 N–H and O–H groups in total. The molecule has 17 heavy (non-hydrogen) atoms. The third-order valence-corrected chi connectivity index (χ3v) is 2.32. The molecule has 0 bridgehead atoms. The fraction of sp³-hybridized carbons (Fsp3) is 0.545. The van der Waals surface area contributed by atoms with Crippen molar-refractivity contribution in [1.29, 1.82) is 0 Å². The molecule has 0 aliphatic rings. The molecule has 1 rings (SSSR count). The topological polar surface area (TPSA) is 84.2 Å². The van der Waals surface area contributed by atoms with Gasteiger partial charge in [-0.25, -0.2) is 0 Å². The molecule has 0 saturated carbocycles. The molecule has 1 aromatic heterocycles. The number of aromatic nitrogens is 2. The van der Waals surface area contributed by atoms with Gasteiger partial charge >= 0.3 is 5.97 Å². The van der Waals surface area contributed by atoms with Crippen LogP contribution in [0.4, 0.5) is 0 Å². The molecule has 1 aromatic rings. The minimum atomic E-state index is -0.913. The summed E-state index contributed by atoms with van der Waals surface area (Å²) in [6.45, 7) is 4.52. The Hall–Kier alpha value is -1.85. The molecule has 1 amide bonds. The van der Waals surface area contributed by atoms with Gasteiger partial charge in [0, 0.05) is 25.2 Å². The summed E-state index contributed by atoms with van der Waals surface area (Å²) in [4.78, 5) is 21.6. The van der Waals surface area contributed by atoms with Crippen molar-refractivity contribution in [3.05, 3.63) is 17.5 Å². The van der Waals surface area contributed by atoms with Crippen LogP contribution in [0.5, 0.6) is 0 Å². The van der Waals surface area contributed by atoms with Gasteiger partial charge in [-0.1, -0.05) is 0 Å². The van der Waals surface area contributed by atoms with E-state index in [0.29, 0.717) is 13.0 Å². The lowest BCUT2D eigenvalue weighted by molar-refractivity contribution is -0.136. The molecule has 94 valence electrons. The summed E-state index contributed by atoms with van der Waals surface area (Å²) in [6.07, 6.45) is 0.257. The van der Waals surface area contributed by atoms with Crippen molar-refractivity contribution in [2.75, 3.05) is 6.54 Å². The quantitative estimate of drug-likeness (QED) is 0.756. The third kappa shape index (κ3) is 4.67. The normalized spacial score (nSPS) is 10.2. The van der Waals surface area contributed by atoms with Gasteiger partial charge in [-0.2, -0.15) is 5.10 Å². The molecule has 0 unspecified atom stereocenters. The highest BCUT2D eigenvalue weighted by Gasteiger charge is 2.05. The first-order valence-electron chi connectivity index (χ1n) is 5.48. The van der Waals surface area contributed by atoms with Crippen LogP contribution in [0.1, 0.15) is 24.2 Å². The number of carboxylic acid groups (broad SMARTS) is 1. The number of hydrogen-bond donors (Lipinski definition) is 2. The van der Waals surface area contributed by atoms with E-state index in [9.17, 15) is 9.59 Å². The third-order valence-electron chi connectivity index (χ3n) is 2.32. The van der Waals surface area contributed by atoms with Crippen molar-refractivity contribution in [1.82, 2.24) is 15.1 Å². The van der Waals surface area contributed by atoms with Gasteiger partial charge in [0.1, 0.15) is 0 Å². The highest BCUT2D eigenvalue weighted by atomic mass is 16.4. The maximum atomic E-state index is 11.4. The molecule has 6 nitrogen and oxygen atoms in total. The van der Waals surface area contributed by atoms with Crippen LogP contribution in [-0.2, 0) is 16.1 Å². The minimum Gasteiger partial charge on any atom is -0.481 e. The number of nitrogens with one attached hydrogen (secondary N) is 1. The predicted molar refractivity (Wildman–Crippen MR) is 61.6 cm³/mol. The van der Waals surface area contributed by atoms with Crippen LogP contribution >= 0.6 is 0 Å². The zero-order valence-electron chi connectivity index (χ0n) is 10.1. The van der Waals surface area contributed by atoms with E-state index in [2.05, 4.69) is 10.4 Å². The maximum Gasteiger partial charge on any atom is 0.305 e. The first-order valence-corrected chi connectivity index (χ1v) is 5.48. The van der Waals surface area contributed by atoms with E-state index in [1.165, 1.54) is 0 Å². The van der Waals surface area contributed by atoms with Crippen molar-refractivity contribution in [2.45, 2.75) is 33.2 Å². The summed E-state index contributed by atoms with van der Waals surface area (Å²) >= 11 is 0. The number of aryl methyl sites for hydroxylation is 3. The zero-order valence-corrected chi connectivity index (χ0v) is 10.1. The SMILES string of the molecule is Cc1cc(C)n(CCC(=O)NCCC(=O)O)n1. The summed E-state index contributed by atoms with van der Waals surface area (Å²) < 4.78 is 1.77. The molecule has 0 spiro atoms. The molecule has 0 aliphatic carbocycles. The van der Waals surface area contributed by atoms with Crippen molar-refractivity contribution >= 4 is 11.9 Å². The van der Waals surface area contributed by atoms with Gasteiger partial charge in [0.05, 0.1) is 12.1 Å². The molecule has 0 radical (unpaired) electrons. The first kappa shape index (κ1) is 13.2. The molecule has 6 heteroatoms. The van der Waals surface area contributed by atoms with Crippen LogP contribution in [-0.4, -0.2) is 33.3 Å². The Kier molecular flexibility index (Phi) is 4.68. The Morgan fingerprint density at radius 3 is 2.65 bits per heavy atom. The monoisotopic (exact) mass is 239 g/mol. The van der Waals surface area contributed by atoms with Gasteiger partial charge in [0.15, 0.2) is 0 Å². The minimum absolute atomic E-state index is 0.0500. The van der Waals surface area contributed by atoms with Crippen molar-refractivity contribution < 1.29 is 14.7 Å². The largest absolute Gasteiger partial charge is 0.481 e. The average Bonchev–Trinajstić information content (AvgIpc) is 2.54. The van der Waals surface area contributed by atoms with E-state index in [1.54, 1.807) is 4.68 Å². The fourth-order valence-corrected chi connectivity index (χ4v) is 1.51. The Morgan fingerprint density at radius 1 is 1.41 bits per heavy atom. The standard InChI is InChI=1S/C11H17N3O3/c1-8-7-9(2)14(13-8)6-4-10(15)12-5-3-11(16)17/h7H,3-6H2,1-2H3,(H,12,15)(H,16,17). The molecule has 0 saturated heterocycles. The number of rotatable bonds is 6. The van der Waals surface area contributed by atoms with Crippen molar-refractivity contribution in [3.8, 4) is 0 Å². The van der Waals surface area contributed by atoms with E-state index in [0.717, 1.165) is 11.4 Å². The Morgan fingerprint density at radius 2 is 2.12 bits per heavy atom. The molecule has 0 atom stereocenters. The molecule has 0 aliphatic heterocycles. The van der Waals surface area contributed by atoms with Gasteiger partial charge in [0.25, 0.3) is 0 Å². The van der Waals surface area contributed by atoms with E-state index in [1.807, 2.05) is 19.9 Å². The van der Waals surface area contributed by atoms with E-state index >= 15 is 0 Å². The average molecular weight is 239 g/mol. The lowest BCUT2D eigenvalue weighted by Gasteiger charge is -2.05. The highest BCUT2D eigenvalue weighted by Crippen LogP contribution is 2.02. The second-order valence-corrected chi connectivity index (χ2v) is 3.89. The fourth-order valence-electron chi connectivity index (χ4n) is 1.51. The van der Waals surface area contributed by atoms with Crippen LogP contribution in [0.15, 0.2) is 6.07 Å². The number of carbonyl (C=O) groups excluding carboxylic acids is 1. The summed E-state index contributed by atoms with van der Waals surface area (Å²) in [5.74, 6) is -1.07. The van der Waals surface area contributed by atoms with Gasteiger partial charge in [-0.05, 0) is 19.9 Å². The Bertz CT molecular complexity index is 412. The van der Waals surface area contributed by atoms with Crippen LogP contribution in [0, 0.1) is 13.8 Å². The summed E-state index contributed by atoms with van der Waals surface area (Å²) in [5.41, 5.74) is 1.94. The number of amides is 1. The van der Waals surface area contributed by atoms with E-state index < -0.39 is 5.97 Å². The zero-order chi connectivity index (χ0) is 12.8. The Labute approximate surface area is 99.6 Å². The molecule has 0 aromatic carbocycles. The smallest absolute Gasteiger partial charge is 0.305 e. The number of carbonyl (C=O) groups is 2. The van der Waals surface area contributed by atoms with E-state index in [4.69, 9.17) is 5.11 Å². The number of hydrogen-bond acceptors (Lipinski definition) is 3. The number of nitrogens with zero attached hydrogens (tertiary/aromatic N) is 2.